The van der Waals surface area contributed by atoms with Crippen molar-refractivity contribution in [2.45, 2.75) is 45.8 Å². The van der Waals surface area contributed by atoms with Gasteiger partial charge in [0.05, 0.1) is 12.1 Å². The quantitative estimate of drug-likeness (QED) is 0.652. The number of amides is 1. The lowest BCUT2D eigenvalue weighted by Crippen LogP contribution is -2.66. The molecule has 1 aliphatic heterocycles. The van der Waals surface area contributed by atoms with Crippen molar-refractivity contribution in [2.75, 3.05) is 39.1 Å². The number of hydrogen-bond donors (Lipinski definition) is 1. The van der Waals surface area contributed by atoms with Crippen molar-refractivity contribution < 1.29 is 4.79 Å². The van der Waals surface area contributed by atoms with Crippen LogP contribution in [0.25, 0.3) is 0 Å². The van der Waals surface area contributed by atoms with Crippen molar-refractivity contribution in [1.82, 2.24) is 20.1 Å². The molecule has 26 heavy (non-hydrogen) atoms. The van der Waals surface area contributed by atoms with E-state index in [2.05, 4.69) is 49.1 Å². The third kappa shape index (κ3) is 4.45. The van der Waals surface area contributed by atoms with Crippen molar-refractivity contribution in [2.24, 2.45) is 4.99 Å². The van der Waals surface area contributed by atoms with Crippen molar-refractivity contribution in [3.63, 3.8) is 0 Å². The first-order chi connectivity index (χ1) is 12.2. The van der Waals surface area contributed by atoms with Gasteiger partial charge < -0.3 is 20.0 Å². The number of carbonyl (C=O) groups is 1. The van der Waals surface area contributed by atoms with Gasteiger partial charge in [-0.1, -0.05) is 6.07 Å². The maximum atomic E-state index is 12.6. The minimum Gasteiger partial charge on any atom is -0.363 e. The van der Waals surface area contributed by atoms with Gasteiger partial charge in [-0.25, -0.2) is 4.98 Å². The van der Waals surface area contributed by atoms with Crippen molar-refractivity contribution in [3.05, 3.63) is 23.9 Å². The Kier molecular flexibility index (Phi) is 6.10. The second-order valence-electron chi connectivity index (χ2n) is 7.85. The first kappa shape index (κ1) is 20.0. The lowest BCUT2D eigenvalue weighted by molar-refractivity contribution is -0.145. The molecule has 144 valence electrons. The summed E-state index contributed by atoms with van der Waals surface area (Å²) in [6.07, 6.45) is 1.86. The van der Waals surface area contributed by atoms with Crippen LogP contribution in [0, 0.1) is 0 Å². The van der Waals surface area contributed by atoms with Crippen LogP contribution in [-0.4, -0.2) is 72.5 Å². The minimum atomic E-state index is -0.240. The molecule has 1 aromatic rings. The van der Waals surface area contributed by atoms with Gasteiger partial charge in [0.2, 0.25) is 5.91 Å². The number of guanidine groups is 1. The van der Waals surface area contributed by atoms with Gasteiger partial charge in [0.15, 0.2) is 5.96 Å². The molecule has 1 saturated heterocycles. The van der Waals surface area contributed by atoms with Crippen LogP contribution in [-0.2, 0) is 11.3 Å². The molecule has 0 unspecified atom stereocenters. The Morgan fingerprint density at radius 1 is 1.38 bits per heavy atom. The van der Waals surface area contributed by atoms with E-state index in [-0.39, 0.29) is 17.5 Å². The van der Waals surface area contributed by atoms with Crippen LogP contribution >= 0.6 is 0 Å². The average Bonchev–Trinajstić information content (AvgIpc) is 2.53. The Balaban J connectivity index is 2.04. The first-order valence-corrected chi connectivity index (χ1v) is 9.05. The molecule has 1 aromatic heterocycles. The van der Waals surface area contributed by atoms with Gasteiger partial charge in [0, 0.05) is 46.5 Å². The Hall–Kier alpha value is -2.31. The molecular formula is C19H32N6O. The fourth-order valence-electron chi connectivity index (χ4n) is 3.61. The number of anilines is 1. The van der Waals surface area contributed by atoms with Crippen LogP contribution in [0.2, 0.25) is 0 Å². The van der Waals surface area contributed by atoms with Crippen LogP contribution < -0.4 is 10.2 Å². The number of pyridine rings is 1. The van der Waals surface area contributed by atoms with Crippen LogP contribution in [0.4, 0.5) is 5.82 Å². The summed E-state index contributed by atoms with van der Waals surface area (Å²) in [5.74, 6) is 1.80. The summed E-state index contributed by atoms with van der Waals surface area (Å²) in [5, 5.41) is 3.36. The highest BCUT2D eigenvalue weighted by Gasteiger charge is 2.40. The van der Waals surface area contributed by atoms with Crippen molar-refractivity contribution in [3.8, 4) is 0 Å². The van der Waals surface area contributed by atoms with Crippen molar-refractivity contribution in [1.29, 1.82) is 0 Å². The molecule has 0 saturated carbocycles. The SMILES string of the molecule is CN=C(NCc1ccc(N(C)C)nc1)N1CC(=O)N(C(C)C)C(C)(C)C1. The molecule has 0 spiro atoms. The molecule has 0 bridgehead atoms. The zero-order valence-electron chi connectivity index (χ0n) is 17.1. The van der Waals surface area contributed by atoms with Crippen LogP contribution in [0.3, 0.4) is 0 Å². The summed E-state index contributed by atoms with van der Waals surface area (Å²) >= 11 is 0. The maximum Gasteiger partial charge on any atom is 0.242 e. The third-order valence-electron chi connectivity index (χ3n) is 4.57. The molecule has 7 nitrogen and oxygen atoms in total. The summed E-state index contributed by atoms with van der Waals surface area (Å²) in [6.45, 7) is 10.0. The van der Waals surface area contributed by atoms with E-state index in [1.807, 2.05) is 41.1 Å². The van der Waals surface area contributed by atoms with E-state index >= 15 is 0 Å². The molecular weight excluding hydrogens is 328 g/mol. The van der Waals surface area contributed by atoms with Gasteiger partial charge in [-0.15, -0.1) is 0 Å². The van der Waals surface area contributed by atoms with E-state index in [0.29, 0.717) is 13.1 Å². The second kappa shape index (κ2) is 7.93. The van der Waals surface area contributed by atoms with E-state index in [4.69, 9.17) is 0 Å². The van der Waals surface area contributed by atoms with Gasteiger partial charge in [0.25, 0.3) is 0 Å². The molecule has 0 radical (unpaired) electrons. The first-order valence-electron chi connectivity index (χ1n) is 9.05. The van der Waals surface area contributed by atoms with E-state index in [1.54, 1.807) is 7.05 Å². The number of carbonyl (C=O) groups excluding carboxylic acids is 1. The van der Waals surface area contributed by atoms with Crippen LogP contribution in [0.5, 0.6) is 0 Å². The number of aromatic nitrogens is 1. The van der Waals surface area contributed by atoms with Gasteiger partial charge in [-0.05, 0) is 39.3 Å². The molecule has 2 rings (SSSR count). The summed E-state index contributed by atoms with van der Waals surface area (Å²) in [7, 11) is 5.69. The molecule has 1 fully saturated rings. The van der Waals surface area contributed by atoms with Gasteiger partial charge in [0.1, 0.15) is 5.82 Å². The van der Waals surface area contributed by atoms with Gasteiger partial charge in [-0.2, -0.15) is 0 Å². The number of aliphatic imine (C=N–C) groups is 1. The van der Waals surface area contributed by atoms with Gasteiger partial charge in [-0.3, -0.25) is 9.79 Å². The Bertz CT molecular complexity index is 650. The minimum absolute atomic E-state index is 0.135. The molecule has 7 heteroatoms. The number of hydrogen-bond acceptors (Lipinski definition) is 4. The fraction of sp³-hybridized carbons (Fsp3) is 0.632. The number of nitrogens with zero attached hydrogens (tertiary/aromatic N) is 5. The summed E-state index contributed by atoms with van der Waals surface area (Å²) in [6, 6.07) is 4.23. The summed E-state index contributed by atoms with van der Waals surface area (Å²) in [5.41, 5.74) is 0.832. The molecule has 2 heterocycles. The molecule has 1 N–H and O–H groups in total. The highest BCUT2D eigenvalue weighted by molar-refractivity contribution is 5.88. The molecule has 1 amide bonds. The standard InChI is InChI=1S/C19H32N6O/c1-14(2)25-17(26)12-24(13-19(25,3)4)18(20-5)22-11-15-8-9-16(21-10-15)23(6)7/h8-10,14H,11-13H2,1-7H3,(H,20,22). The zero-order valence-corrected chi connectivity index (χ0v) is 17.1. The lowest BCUT2D eigenvalue weighted by atomic mass is 9.96. The Morgan fingerprint density at radius 2 is 2.08 bits per heavy atom. The molecule has 0 atom stereocenters. The fourth-order valence-corrected chi connectivity index (χ4v) is 3.61. The monoisotopic (exact) mass is 360 g/mol. The Labute approximate surface area is 157 Å². The van der Waals surface area contributed by atoms with E-state index in [1.165, 1.54) is 0 Å². The van der Waals surface area contributed by atoms with E-state index in [9.17, 15) is 4.79 Å². The van der Waals surface area contributed by atoms with E-state index < -0.39 is 0 Å². The molecule has 1 aliphatic rings. The number of nitrogens with one attached hydrogen (secondary N) is 1. The second-order valence-corrected chi connectivity index (χ2v) is 7.85. The average molecular weight is 361 g/mol. The largest absolute Gasteiger partial charge is 0.363 e. The van der Waals surface area contributed by atoms with Crippen LogP contribution in [0.1, 0.15) is 33.3 Å². The molecule has 0 aliphatic carbocycles. The van der Waals surface area contributed by atoms with Crippen LogP contribution in [0.15, 0.2) is 23.3 Å². The zero-order chi connectivity index (χ0) is 19.5. The third-order valence-corrected chi connectivity index (χ3v) is 4.57. The summed E-state index contributed by atoms with van der Waals surface area (Å²) < 4.78 is 0. The maximum absolute atomic E-state index is 12.6. The van der Waals surface area contributed by atoms with Crippen molar-refractivity contribution >= 4 is 17.7 Å². The molecule has 0 aromatic carbocycles. The predicted octanol–water partition coefficient (Wildman–Crippen LogP) is 1.55. The topological polar surface area (TPSA) is 64.1 Å². The summed E-state index contributed by atoms with van der Waals surface area (Å²) in [4.78, 5) is 27.4. The highest BCUT2D eigenvalue weighted by Crippen LogP contribution is 2.24. The predicted molar refractivity (Wildman–Crippen MR) is 106 cm³/mol. The highest BCUT2D eigenvalue weighted by atomic mass is 16.2. The smallest absolute Gasteiger partial charge is 0.242 e. The number of piperazine rings is 1. The lowest BCUT2D eigenvalue weighted by Gasteiger charge is -2.49. The number of rotatable bonds is 4. The Morgan fingerprint density at radius 3 is 2.54 bits per heavy atom. The van der Waals surface area contributed by atoms with Gasteiger partial charge >= 0.3 is 0 Å². The van der Waals surface area contributed by atoms with E-state index in [0.717, 1.165) is 23.9 Å². The normalized spacial score (nSPS) is 17.7.